The van der Waals surface area contributed by atoms with Crippen molar-refractivity contribution in [3.8, 4) is 0 Å². The predicted molar refractivity (Wildman–Crippen MR) is 154 cm³/mol. The molecule has 7 nitrogen and oxygen atoms in total. The summed E-state index contributed by atoms with van der Waals surface area (Å²) in [6.07, 6.45) is 3.36. The van der Waals surface area contributed by atoms with Crippen molar-refractivity contribution in [2.24, 2.45) is 0 Å². The minimum absolute atomic E-state index is 0.188. The molecule has 198 valence electrons. The number of nitrogens with zero attached hydrogens (tertiary/aromatic N) is 3. The van der Waals surface area contributed by atoms with E-state index in [2.05, 4.69) is 12.2 Å². The first-order chi connectivity index (χ1) is 19.1. The maximum Gasteiger partial charge on any atom is 0.344 e. The van der Waals surface area contributed by atoms with Gasteiger partial charge in [-0.1, -0.05) is 86.0 Å². The van der Waals surface area contributed by atoms with Gasteiger partial charge in [-0.2, -0.15) is 0 Å². The van der Waals surface area contributed by atoms with E-state index in [-0.39, 0.29) is 12.2 Å². The lowest BCUT2D eigenvalue weighted by Crippen LogP contribution is -2.19. The molecule has 0 aliphatic rings. The Bertz CT molecular complexity index is 1630. The third-order valence-corrected chi connectivity index (χ3v) is 6.88. The van der Waals surface area contributed by atoms with E-state index >= 15 is 0 Å². The lowest BCUT2D eigenvalue weighted by molar-refractivity contribution is 0.0501. The molecule has 0 saturated heterocycles. The van der Waals surface area contributed by atoms with Crippen molar-refractivity contribution in [3.63, 3.8) is 0 Å². The number of rotatable bonds is 10. The van der Waals surface area contributed by atoms with Crippen LogP contribution < -0.4 is 5.32 Å². The lowest BCUT2D eigenvalue weighted by atomic mass is 10.1. The summed E-state index contributed by atoms with van der Waals surface area (Å²) < 4.78 is 7.53. The molecule has 0 unspecified atom stereocenters. The van der Waals surface area contributed by atoms with Crippen LogP contribution in [0.3, 0.4) is 0 Å². The SMILES string of the molecule is CCCCCOC(=O)c1c(NC(=O)c2ccccc2Cl)n(CCc2ccccc2)c2nc3ccccc3nc12. The lowest BCUT2D eigenvalue weighted by Gasteiger charge is -2.14. The van der Waals surface area contributed by atoms with Gasteiger partial charge in [0.25, 0.3) is 5.91 Å². The van der Waals surface area contributed by atoms with Crippen LogP contribution in [0.4, 0.5) is 5.82 Å². The Hall–Kier alpha value is -4.23. The molecule has 2 heterocycles. The molecule has 0 atom stereocenters. The van der Waals surface area contributed by atoms with E-state index in [9.17, 15) is 9.59 Å². The molecular formula is C31H29ClN4O3. The third kappa shape index (κ3) is 5.78. The van der Waals surface area contributed by atoms with Crippen LogP contribution in [0.1, 0.15) is 52.5 Å². The maximum atomic E-state index is 13.6. The summed E-state index contributed by atoms with van der Waals surface area (Å²) in [7, 11) is 0. The van der Waals surface area contributed by atoms with Gasteiger partial charge < -0.3 is 14.6 Å². The topological polar surface area (TPSA) is 86.1 Å². The summed E-state index contributed by atoms with van der Waals surface area (Å²) >= 11 is 6.33. The number of hydrogen-bond donors (Lipinski definition) is 1. The Kier molecular flexibility index (Phi) is 8.18. The van der Waals surface area contributed by atoms with Crippen molar-refractivity contribution < 1.29 is 14.3 Å². The van der Waals surface area contributed by atoms with E-state index in [1.807, 2.05) is 59.2 Å². The summed E-state index contributed by atoms with van der Waals surface area (Å²) in [5.74, 6) is -0.691. The number of fused-ring (bicyclic) bond motifs is 2. The first-order valence-corrected chi connectivity index (χ1v) is 13.5. The Balaban J connectivity index is 1.65. The zero-order valence-corrected chi connectivity index (χ0v) is 22.4. The van der Waals surface area contributed by atoms with Crippen molar-refractivity contribution >= 4 is 51.5 Å². The molecule has 1 amide bonds. The van der Waals surface area contributed by atoms with Crippen LogP contribution in [0.2, 0.25) is 5.02 Å². The summed E-state index contributed by atoms with van der Waals surface area (Å²) in [6, 6.07) is 24.3. The number of nitrogens with one attached hydrogen (secondary N) is 1. The molecule has 0 spiro atoms. The molecular weight excluding hydrogens is 512 g/mol. The number of esters is 1. The molecule has 0 bridgehead atoms. The molecule has 5 aromatic rings. The normalized spacial score (nSPS) is 11.1. The van der Waals surface area contributed by atoms with Gasteiger partial charge in [0.05, 0.1) is 28.2 Å². The van der Waals surface area contributed by atoms with Gasteiger partial charge in [0.1, 0.15) is 16.9 Å². The number of amides is 1. The van der Waals surface area contributed by atoms with Gasteiger partial charge in [-0.15, -0.1) is 0 Å². The molecule has 0 saturated carbocycles. The molecule has 5 rings (SSSR count). The van der Waals surface area contributed by atoms with Crippen LogP contribution in [0.15, 0.2) is 78.9 Å². The number of ether oxygens (including phenoxy) is 1. The summed E-state index contributed by atoms with van der Waals surface area (Å²) in [5.41, 5.74) is 3.82. The van der Waals surface area contributed by atoms with Crippen LogP contribution in [0, 0.1) is 0 Å². The van der Waals surface area contributed by atoms with E-state index in [4.69, 9.17) is 26.3 Å². The molecule has 39 heavy (non-hydrogen) atoms. The van der Waals surface area contributed by atoms with Crippen LogP contribution in [-0.4, -0.2) is 33.0 Å². The standard InChI is InChI=1S/C31H29ClN4O3/c1-2-3-11-20-39-31(38)26-27-29(34-25-17-10-9-16-24(25)33-27)36(19-18-21-12-5-4-6-13-21)28(26)35-30(37)22-14-7-8-15-23(22)32/h4-10,12-17H,2-3,11,18-20H2,1H3,(H,35,37). The highest BCUT2D eigenvalue weighted by atomic mass is 35.5. The second-order valence-corrected chi connectivity index (χ2v) is 9.68. The van der Waals surface area contributed by atoms with Gasteiger partial charge in [0, 0.05) is 6.54 Å². The van der Waals surface area contributed by atoms with E-state index in [1.165, 1.54) is 0 Å². The quantitative estimate of drug-likeness (QED) is 0.151. The average Bonchev–Trinajstić information content (AvgIpc) is 3.25. The molecule has 2 aromatic heterocycles. The van der Waals surface area contributed by atoms with Crippen molar-refractivity contribution in [1.29, 1.82) is 0 Å². The second-order valence-electron chi connectivity index (χ2n) is 9.27. The third-order valence-electron chi connectivity index (χ3n) is 6.55. The number of carbonyl (C=O) groups excluding carboxylic acids is 2. The fourth-order valence-corrected chi connectivity index (χ4v) is 4.76. The smallest absolute Gasteiger partial charge is 0.344 e. The molecule has 3 aromatic carbocycles. The Labute approximate surface area is 231 Å². The zero-order valence-electron chi connectivity index (χ0n) is 21.7. The van der Waals surface area contributed by atoms with Crippen LogP contribution >= 0.6 is 11.6 Å². The zero-order chi connectivity index (χ0) is 27.2. The number of unbranched alkanes of at least 4 members (excludes halogenated alkanes) is 2. The number of carbonyl (C=O) groups is 2. The molecule has 0 aliphatic carbocycles. The number of benzene rings is 3. The van der Waals surface area contributed by atoms with Crippen molar-refractivity contribution in [3.05, 3.63) is 101 Å². The van der Waals surface area contributed by atoms with Gasteiger partial charge >= 0.3 is 5.97 Å². The number of halogens is 1. The van der Waals surface area contributed by atoms with Gasteiger partial charge in [-0.25, -0.2) is 14.8 Å². The minimum Gasteiger partial charge on any atom is -0.462 e. The Morgan fingerprint density at radius 3 is 2.33 bits per heavy atom. The number of anilines is 1. The van der Waals surface area contributed by atoms with Crippen molar-refractivity contribution in [2.75, 3.05) is 11.9 Å². The summed E-state index contributed by atoms with van der Waals surface area (Å²) in [5, 5.41) is 3.27. The molecule has 0 radical (unpaired) electrons. The highest BCUT2D eigenvalue weighted by Crippen LogP contribution is 2.32. The number of para-hydroxylation sites is 2. The highest BCUT2D eigenvalue weighted by molar-refractivity contribution is 6.34. The Morgan fingerprint density at radius 1 is 0.897 bits per heavy atom. The van der Waals surface area contributed by atoms with Gasteiger partial charge in [-0.05, 0) is 42.7 Å². The van der Waals surface area contributed by atoms with Crippen LogP contribution in [-0.2, 0) is 17.7 Å². The summed E-state index contributed by atoms with van der Waals surface area (Å²) in [6.45, 7) is 2.82. The van der Waals surface area contributed by atoms with E-state index in [0.717, 1.165) is 24.8 Å². The van der Waals surface area contributed by atoms with E-state index in [1.54, 1.807) is 24.3 Å². The maximum absolute atomic E-state index is 13.6. The van der Waals surface area contributed by atoms with Crippen molar-refractivity contribution in [2.45, 2.75) is 39.2 Å². The minimum atomic E-state index is -0.548. The highest BCUT2D eigenvalue weighted by Gasteiger charge is 2.28. The second kappa shape index (κ2) is 12.1. The van der Waals surface area contributed by atoms with Gasteiger partial charge in [0.2, 0.25) is 0 Å². The predicted octanol–water partition coefficient (Wildman–Crippen LogP) is 7.08. The average molecular weight is 541 g/mol. The van der Waals surface area contributed by atoms with Gasteiger partial charge in [0.15, 0.2) is 5.65 Å². The fourth-order valence-electron chi connectivity index (χ4n) is 4.54. The van der Waals surface area contributed by atoms with E-state index in [0.29, 0.717) is 51.6 Å². The monoisotopic (exact) mass is 540 g/mol. The number of aryl methyl sites for hydroxylation is 2. The van der Waals surface area contributed by atoms with Crippen LogP contribution in [0.5, 0.6) is 0 Å². The number of hydrogen-bond acceptors (Lipinski definition) is 5. The fraction of sp³-hybridized carbons (Fsp3) is 0.226. The first-order valence-electron chi connectivity index (χ1n) is 13.1. The molecule has 1 N–H and O–H groups in total. The summed E-state index contributed by atoms with van der Waals surface area (Å²) in [4.78, 5) is 36.7. The first kappa shape index (κ1) is 26.4. The number of aromatic nitrogens is 3. The van der Waals surface area contributed by atoms with Crippen molar-refractivity contribution in [1.82, 2.24) is 14.5 Å². The Morgan fingerprint density at radius 2 is 1.59 bits per heavy atom. The molecule has 8 heteroatoms. The van der Waals surface area contributed by atoms with Gasteiger partial charge in [-0.3, -0.25) is 4.79 Å². The molecule has 0 fully saturated rings. The van der Waals surface area contributed by atoms with Crippen LogP contribution in [0.25, 0.3) is 22.2 Å². The molecule has 0 aliphatic heterocycles. The van der Waals surface area contributed by atoms with E-state index < -0.39 is 11.9 Å². The largest absolute Gasteiger partial charge is 0.462 e.